The number of hydrogen-bond donors (Lipinski definition) is 1. The number of methoxy groups -OCH3 is 4. The molecule has 1 heterocycles. The molecule has 0 fully saturated rings. The van der Waals surface area contributed by atoms with E-state index in [9.17, 15) is 0 Å². The van der Waals surface area contributed by atoms with E-state index in [1.807, 2.05) is 30.3 Å². The molecular formula is C19H21N3O4. The van der Waals surface area contributed by atoms with Gasteiger partial charge in [0, 0.05) is 11.8 Å². The molecule has 0 unspecified atom stereocenters. The van der Waals surface area contributed by atoms with Gasteiger partial charge in [0.25, 0.3) is 0 Å². The number of aromatic nitrogens is 2. The maximum Gasteiger partial charge on any atom is 0.220 e. The average Bonchev–Trinajstić information content (AvgIpc) is 2.67. The minimum Gasteiger partial charge on any atom is -0.497 e. The molecule has 136 valence electrons. The maximum atomic E-state index is 5.94. The fraction of sp³-hybridized carbons (Fsp3) is 0.263. The van der Waals surface area contributed by atoms with Crippen LogP contribution < -0.4 is 24.7 Å². The van der Waals surface area contributed by atoms with E-state index in [1.165, 1.54) is 0 Å². The van der Waals surface area contributed by atoms with Crippen molar-refractivity contribution in [2.24, 2.45) is 0 Å². The van der Waals surface area contributed by atoms with Crippen molar-refractivity contribution in [1.29, 1.82) is 0 Å². The van der Waals surface area contributed by atoms with Crippen LogP contribution in [0.4, 0.5) is 5.95 Å². The van der Waals surface area contributed by atoms with Crippen LogP contribution in [0, 0.1) is 0 Å². The summed E-state index contributed by atoms with van der Waals surface area (Å²) in [5, 5.41) is 0.796. The summed E-state index contributed by atoms with van der Waals surface area (Å²) in [6.45, 7) is 0. The Morgan fingerprint density at radius 1 is 0.846 bits per heavy atom. The van der Waals surface area contributed by atoms with Gasteiger partial charge in [-0.1, -0.05) is 12.1 Å². The van der Waals surface area contributed by atoms with Gasteiger partial charge in [0.15, 0.2) is 11.5 Å². The van der Waals surface area contributed by atoms with Crippen molar-refractivity contribution in [3.05, 3.63) is 41.6 Å². The second-order valence-corrected chi connectivity index (χ2v) is 5.59. The van der Waals surface area contributed by atoms with Gasteiger partial charge < -0.3 is 24.7 Å². The van der Waals surface area contributed by atoms with Crippen LogP contribution in [0.1, 0.15) is 11.3 Å². The second kappa shape index (κ2) is 7.35. The number of rotatable bonds is 6. The minimum absolute atomic E-state index is 0.173. The van der Waals surface area contributed by atoms with Crippen molar-refractivity contribution < 1.29 is 18.9 Å². The average molecular weight is 355 g/mol. The van der Waals surface area contributed by atoms with Crippen molar-refractivity contribution in [3.8, 4) is 23.0 Å². The molecule has 2 aromatic carbocycles. The van der Waals surface area contributed by atoms with Crippen LogP contribution in [0.2, 0.25) is 0 Å². The SMILES string of the molecule is COc1ccc(Cc2nc(N)nc3c(OC)c(OC)c(OC)cc23)cc1. The quantitative estimate of drug-likeness (QED) is 0.727. The first-order valence-corrected chi connectivity index (χ1v) is 7.99. The van der Waals surface area contributed by atoms with Crippen LogP contribution in [0.15, 0.2) is 30.3 Å². The lowest BCUT2D eigenvalue weighted by atomic mass is 10.0. The zero-order valence-corrected chi connectivity index (χ0v) is 15.2. The molecule has 0 amide bonds. The summed E-state index contributed by atoms with van der Waals surface area (Å²) >= 11 is 0. The molecular weight excluding hydrogens is 334 g/mol. The maximum absolute atomic E-state index is 5.94. The molecule has 2 N–H and O–H groups in total. The number of nitrogens with zero attached hydrogens (tertiary/aromatic N) is 2. The standard InChI is InChI=1S/C19H21N3O4/c1-23-12-7-5-11(6-8-12)9-14-13-10-15(24-2)17(25-3)18(26-4)16(13)22-19(20)21-14/h5-8,10H,9H2,1-4H3,(H2,20,21,22). The Hall–Kier alpha value is -3.22. The number of ether oxygens (including phenoxy) is 4. The zero-order chi connectivity index (χ0) is 18.7. The highest BCUT2D eigenvalue weighted by atomic mass is 16.5. The number of anilines is 1. The Bertz CT molecular complexity index is 926. The first kappa shape index (κ1) is 17.6. The predicted octanol–water partition coefficient (Wildman–Crippen LogP) is 2.84. The molecule has 0 saturated carbocycles. The van der Waals surface area contributed by atoms with Crippen LogP contribution in [-0.2, 0) is 6.42 Å². The predicted molar refractivity (Wildman–Crippen MR) is 99.4 cm³/mol. The van der Waals surface area contributed by atoms with Crippen LogP contribution >= 0.6 is 0 Å². The third kappa shape index (κ3) is 3.15. The summed E-state index contributed by atoms with van der Waals surface area (Å²) in [4.78, 5) is 8.78. The summed E-state index contributed by atoms with van der Waals surface area (Å²) in [6, 6.07) is 9.63. The molecule has 0 bridgehead atoms. The Kier molecular flexibility index (Phi) is 4.97. The Morgan fingerprint density at radius 3 is 2.12 bits per heavy atom. The van der Waals surface area contributed by atoms with E-state index in [-0.39, 0.29) is 5.95 Å². The van der Waals surface area contributed by atoms with E-state index < -0.39 is 0 Å². The van der Waals surface area contributed by atoms with E-state index in [0.717, 1.165) is 22.4 Å². The fourth-order valence-corrected chi connectivity index (χ4v) is 2.88. The number of benzene rings is 2. The monoisotopic (exact) mass is 355 g/mol. The molecule has 0 aliphatic heterocycles. The molecule has 26 heavy (non-hydrogen) atoms. The van der Waals surface area contributed by atoms with E-state index in [0.29, 0.717) is 29.2 Å². The van der Waals surface area contributed by atoms with Crippen molar-refractivity contribution >= 4 is 16.9 Å². The molecule has 0 aliphatic rings. The van der Waals surface area contributed by atoms with E-state index >= 15 is 0 Å². The van der Waals surface area contributed by atoms with Gasteiger partial charge in [-0.3, -0.25) is 0 Å². The summed E-state index contributed by atoms with van der Waals surface area (Å²) in [7, 11) is 6.32. The summed E-state index contributed by atoms with van der Waals surface area (Å²) in [6.07, 6.45) is 0.575. The van der Waals surface area contributed by atoms with Crippen LogP contribution in [0.5, 0.6) is 23.0 Å². The van der Waals surface area contributed by atoms with Gasteiger partial charge in [-0.15, -0.1) is 0 Å². The third-order valence-corrected chi connectivity index (χ3v) is 4.12. The summed E-state index contributed by atoms with van der Waals surface area (Å²) in [5.74, 6) is 2.45. The lowest BCUT2D eigenvalue weighted by Gasteiger charge is -2.16. The lowest BCUT2D eigenvalue weighted by Crippen LogP contribution is -2.04. The van der Waals surface area contributed by atoms with Crippen molar-refractivity contribution in [2.45, 2.75) is 6.42 Å². The highest BCUT2D eigenvalue weighted by Gasteiger charge is 2.20. The molecule has 0 spiro atoms. The molecule has 7 nitrogen and oxygen atoms in total. The molecule has 3 rings (SSSR count). The van der Waals surface area contributed by atoms with Crippen molar-refractivity contribution in [2.75, 3.05) is 34.2 Å². The van der Waals surface area contributed by atoms with E-state index in [2.05, 4.69) is 9.97 Å². The minimum atomic E-state index is 0.173. The largest absolute Gasteiger partial charge is 0.497 e. The molecule has 0 radical (unpaired) electrons. The van der Waals surface area contributed by atoms with E-state index in [1.54, 1.807) is 28.4 Å². The molecule has 0 saturated heterocycles. The topological polar surface area (TPSA) is 88.7 Å². The number of fused-ring (bicyclic) bond motifs is 1. The fourth-order valence-electron chi connectivity index (χ4n) is 2.88. The summed E-state index contributed by atoms with van der Waals surface area (Å²) < 4.78 is 21.6. The molecule has 3 aromatic rings. The molecule has 7 heteroatoms. The highest BCUT2D eigenvalue weighted by Crippen LogP contribution is 2.43. The van der Waals surface area contributed by atoms with Gasteiger partial charge in [0.2, 0.25) is 11.7 Å². The van der Waals surface area contributed by atoms with Gasteiger partial charge in [-0.05, 0) is 23.8 Å². The van der Waals surface area contributed by atoms with Crippen molar-refractivity contribution in [1.82, 2.24) is 9.97 Å². The van der Waals surface area contributed by atoms with Gasteiger partial charge >= 0.3 is 0 Å². The Morgan fingerprint density at radius 2 is 1.54 bits per heavy atom. The van der Waals surface area contributed by atoms with Gasteiger partial charge in [-0.2, -0.15) is 0 Å². The first-order chi connectivity index (χ1) is 12.6. The summed E-state index contributed by atoms with van der Waals surface area (Å²) in [5.41, 5.74) is 8.37. The molecule has 1 aromatic heterocycles. The van der Waals surface area contributed by atoms with Crippen molar-refractivity contribution in [3.63, 3.8) is 0 Å². The smallest absolute Gasteiger partial charge is 0.220 e. The van der Waals surface area contributed by atoms with Crippen LogP contribution in [0.25, 0.3) is 10.9 Å². The Balaban J connectivity index is 2.18. The highest BCUT2D eigenvalue weighted by molar-refractivity contribution is 5.92. The number of nitrogen functional groups attached to an aromatic ring is 1. The molecule has 0 atom stereocenters. The van der Waals surface area contributed by atoms with Crippen LogP contribution in [0.3, 0.4) is 0 Å². The zero-order valence-electron chi connectivity index (χ0n) is 15.2. The Labute approximate surface area is 151 Å². The van der Waals surface area contributed by atoms with Gasteiger partial charge in [0.05, 0.1) is 34.1 Å². The number of nitrogens with two attached hydrogens (primary N) is 1. The molecule has 0 aliphatic carbocycles. The van der Waals surface area contributed by atoms with Gasteiger partial charge in [-0.25, -0.2) is 9.97 Å². The number of hydrogen-bond acceptors (Lipinski definition) is 7. The van der Waals surface area contributed by atoms with E-state index in [4.69, 9.17) is 24.7 Å². The lowest BCUT2D eigenvalue weighted by molar-refractivity contribution is 0.327. The van der Waals surface area contributed by atoms with Crippen LogP contribution in [-0.4, -0.2) is 38.4 Å². The first-order valence-electron chi connectivity index (χ1n) is 7.99. The normalized spacial score (nSPS) is 10.6. The van der Waals surface area contributed by atoms with Gasteiger partial charge in [0.1, 0.15) is 11.3 Å². The third-order valence-electron chi connectivity index (χ3n) is 4.12. The second-order valence-electron chi connectivity index (χ2n) is 5.59.